The van der Waals surface area contributed by atoms with Crippen molar-refractivity contribution in [3.63, 3.8) is 0 Å². The highest BCUT2D eigenvalue weighted by Crippen LogP contribution is 2.39. The van der Waals surface area contributed by atoms with Crippen LogP contribution < -0.4 is 5.46 Å². The molecular weight excluding hydrogens is 347 g/mol. The van der Waals surface area contributed by atoms with Gasteiger partial charge in [-0.1, -0.05) is 60.5 Å². The summed E-state index contributed by atoms with van der Waals surface area (Å²) < 4.78 is 59.6. The topological polar surface area (TPSA) is 31.6 Å². The molecular formula is C24H23BO3. The van der Waals surface area contributed by atoms with Gasteiger partial charge in [-0.25, -0.2) is 0 Å². The van der Waals surface area contributed by atoms with Gasteiger partial charge in [-0.3, -0.25) is 0 Å². The van der Waals surface area contributed by atoms with E-state index >= 15 is 0 Å². The Morgan fingerprint density at radius 3 is 2.25 bits per heavy atom. The van der Waals surface area contributed by atoms with Gasteiger partial charge < -0.3 is 13.7 Å². The van der Waals surface area contributed by atoms with Gasteiger partial charge in [-0.05, 0) is 44.8 Å². The van der Waals surface area contributed by atoms with Crippen molar-refractivity contribution in [1.29, 1.82) is 0 Å². The maximum atomic E-state index is 8.39. The van der Waals surface area contributed by atoms with Crippen molar-refractivity contribution in [3.8, 4) is 11.1 Å². The molecule has 1 fully saturated rings. The molecule has 0 radical (unpaired) electrons. The summed E-state index contributed by atoms with van der Waals surface area (Å²) in [5.41, 5.74) is 1.44. The van der Waals surface area contributed by atoms with E-state index < -0.39 is 24.4 Å². The lowest BCUT2D eigenvalue weighted by atomic mass is 9.76. The van der Waals surface area contributed by atoms with E-state index in [0.717, 1.165) is 16.2 Å². The Bertz CT molecular complexity index is 1400. The van der Waals surface area contributed by atoms with Crippen molar-refractivity contribution in [3.05, 3.63) is 66.6 Å². The average molecular weight is 375 g/mol. The standard InChI is InChI=1S/C24H23BO3/c1-23(2)24(3,4)28-25(27-23)19-14-9-15-20-21(19)18-13-8-12-17(22(18)26-20)16-10-6-5-7-11-16/h5-15H,1-4H3/i5D,6D,7D,10D,11D. The summed E-state index contributed by atoms with van der Waals surface area (Å²) in [6, 6.07) is 9.36. The molecule has 0 aliphatic carbocycles. The molecule has 4 aromatic rings. The molecule has 3 aromatic carbocycles. The minimum Gasteiger partial charge on any atom is -0.455 e. The first-order valence-corrected chi connectivity index (χ1v) is 9.31. The number of hydrogen-bond donors (Lipinski definition) is 0. The highest BCUT2D eigenvalue weighted by Gasteiger charge is 2.52. The molecule has 0 N–H and O–H groups in total. The minimum absolute atomic E-state index is 0.114. The van der Waals surface area contributed by atoms with Crippen molar-refractivity contribution < 1.29 is 20.6 Å². The van der Waals surface area contributed by atoms with Crippen molar-refractivity contribution in [1.82, 2.24) is 0 Å². The van der Waals surface area contributed by atoms with Crippen LogP contribution in [0.3, 0.4) is 0 Å². The Morgan fingerprint density at radius 2 is 1.54 bits per heavy atom. The highest BCUT2D eigenvalue weighted by atomic mass is 16.7. The third kappa shape index (κ3) is 2.52. The van der Waals surface area contributed by atoms with Gasteiger partial charge in [0.15, 0.2) is 0 Å². The highest BCUT2D eigenvalue weighted by molar-refractivity contribution is 6.66. The Labute approximate surface area is 172 Å². The second-order valence-electron chi connectivity index (χ2n) is 8.09. The molecule has 3 nitrogen and oxygen atoms in total. The van der Waals surface area contributed by atoms with Crippen LogP contribution in [0.2, 0.25) is 0 Å². The SMILES string of the molecule is [2H]c1c([2H])c([2H])c(-c2cccc3c2oc2cccc(B4OC(C)(C)C(C)(C)O4)c23)c([2H])c1[2H]. The fourth-order valence-corrected chi connectivity index (χ4v) is 3.62. The summed E-state index contributed by atoms with van der Waals surface area (Å²) >= 11 is 0. The lowest BCUT2D eigenvalue weighted by Crippen LogP contribution is -2.41. The predicted octanol–water partition coefficient (Wildman–Crippen LogP) is 5.55. The van der Waals surface area contributed by atoms with E-state index in [1.807, 2.05) is 52.0 Å². The minimum atomic E-state index is -0.594. The van der Waals surface area contributed by atoms with Crippen LogP contribution in [0.1, 0.15) is 34.5 Å². The summed E-state index contributed by atoms with van der Waals surface area (Å²) in [5.74, 6) is 0. The maximum Gasteiger partial charge on any atom is 0.495 e. The Kier molecular flexibility index (Phi) is 2.73. The van der Waals surface area contributed by atoms with Crippen LogP contribution in [0.4, 0.5) is 0 Å². The van der Waals surface area contributed by atoms with E-state index in [0.29, 0.717) is 16.7 Å². The second kappa shape index (κ2) is 5.97. The molecule has 0 spiro atoms. The molecule has 1 aliphatic heterocycles. The van der Waals surface area contributed by atoms with Gasteiger partial charge >= 0.3 is 7.12 Å². The molecule has 4 heteroatoms. The number of benzene rings is 3. The predicted molar refractivity (Wildman–Crippen MR) is 115 cm³/mol. The van der Waals surface area contributed by atoms with Gasteiger partial charge in [0.25, 0.3) is 0 Å². The van der Waals surface area contributed by atoms with Crippen LogP contribution >= 0.6 is 0 Å². The number of rotatable bonds is 2. The van der Waals surface area contributed by atoms with E-state index in [1.54, 1.807) is 12.1 Å². The molecule has 1 aromatic heterocycles. The lowest BCUT2D eigenvalue weighted by Gasteiger charge is -2.32. The normalized spacial score (nSPS) is 20.7. The van der Waals surface area contributed by atoms with Crippen LogP contribution in [0, 0.1) is 0 Å². The van der Waals surface area contributed by atoms with Gasteiger partial charge in [0.05, 0.1) is 18.1 Å². The first-order valence-electron chi connectivity index (χ1n) is 11.8. The van der Waals surface area contributed by atoms with Gasteiger partial charge in [0.2, 0.25) is 0 Å². The molecule has 140 valence electrons. The van der Waals surface area contributed by atoms with Crippen molar-refractivity contribution in [2.75, 3.05) is 0 Å². The number of furan rings is 1. The number of hydrogen-bond acceptors (Lipinski definition) is 3. The summed E-state index contributed by atoms with van der Waals surface area (Å²) in [7, 11) is -0.594. The molecule has 28 heavy (non-hydrogen) atoms. The van der Waals surface area contributed by atoms with E-state index in [9.17, 15) is 0 Å². The van der Waals surface area contributed by atoms with Crippen LogP contribution in [-0.4, -0.2) is 18.3 Å². The molecule has 2 heterocycles. The Hall–Kier alpha value is -2.56. The fraction of sp³-hybridized carbons (Fsp3) is 0.250. The van der Waals surface area contributed by atoms with E-state index in [2.05, 4.69) is 0 Å². The lowest BCUT2D eigenvalue weighted by molar-refractivity contribution is 0.00578. The molecule has 0 unspecified atom stereocenters. The summed E-state index contributed by atoms with van der Waals surface area (Å²) in [6.45, 7) is 7.99. The zero-order chi connectivity index (χ0) is 23.9. The molecule has 0 bridgehead atoms. The van der Waals surface area contributed by atoms with Crippen LogP contribution in [0.15, 0.2) is 71.0 Å². The third-order valence-corrected chi connectivity index (χ3v) is 5.83. The van der Waals surface area contributed by atoms with Crippen molar-refractivity contribution in [2.45, 2.75) is 38.9 Å². The summed E-state index contributed by atoms with van der Waals surface area (Å²) in [6.07, 6.45) is 0. The molecule has 0 amide bonds. The van der Waals surface area contributed by atoms with Crippen molar-refractivity contribution >= 4 is 34.5 Å². The zero-order valence-electron chi connectivity index (χ0n) is 21.3. The monoisotopic (exact) mass is 375 g/mol. The molecule has 0 atom stereocenters. The first-order chi connectivity index (χ1) is 15.4. The van der Waals surface area contributed by atoms with Gasteiger partial charge in [0.1, 0.15) is 11.2 Å². The van der Waals surface area contributed by atoms with Gasteiger partial charge in [0, 0.05) is 16.3 Å². The van der Waals surface area contributed by atoms with Gasteiger partial charge in [-0.15, -0.1) is 0 Å². The largest absolute Gasteiger partial charge is 0.495 e. The summed E-state index contributed by atoms with van der Waals surface area (Å²) in [5, 5.41) is 1.58. The van der Waals surface area contributed by atoms with Crippen LogP contribution in [-0.2, 0) is 9.31 Å². The first kappa shape index (κ1) is 12.8. The second-order valence-corrected chi connectivity index (χ2v) is 8.09. The smallest absolute Gasteiger partial charge is 0.455 e. The third-order valence-electron chi connectivity index (χ3n) is 5.83. The maximum absolute atomic E-state index is 8.39. The fourth-order valence-electron chi connectivity index (χ4n) is 3.62. The quantitative estimate of drug-likeness (QED) is 0.431. The molecule has 1 aliphatic rings. The van der Waals surface area contributed by atoms with E-state index in [-0.39, 0.29) is 29.7 Å². The van der Waals surface area contributed by atoms with Gasteiger partial charge in [-0.2, -0.15) is 0 Å². The van der Waals surface area contributed by atoms with E-state index in [4.69, 9.17) is 20.6 Å². The zero-order valence-corrected chi connectivity index (χ0v) is 16.3. The Balaban J connectivity index is 1.78. The molecule has 0 saturated carbocycles. The van der Waals surface area contributed by atoms with E-state index in [1.165, 1.54) is 0 Å². The van der Waals surface area contributed by atoms with Crippen LogP contribution in [0.25, 0.3) is 33.1 Å². The average Bonchev–Trinajstić information content (AvgIpc) is 3.25. The number of fused-ring (bicyclic) bond motifs is 3. The van der Waals surface area contributed by atoms with Crippen LogP contribution in [0.5, 0.6) is 0 Å². The summed E-state index contributed by atoms with van der Waals surface area (Å²) in [4.78, 5) is 0. The Morgan fingerprint density at radius 1 is 0.857 bits per heavy atom. The number of para-hydroxylation sites is 1. The molecule has 1 saturated heterocycles. The molecule has 5 rings (SSSR count). The van der Waals surface area contributed by atoms with Crippen molar-refractivity contribution in [2.24, 2.45) is 0 Å².